The number of ether oxygens (including phenoxy) is 1. The van der Waals surface area contributed by atoms with Crippen molar-refractivity contribution in [1.82, 2.24) is 14.8 Å². The molecule has 90 valence electrons. The van der Waals surface area contributed by atoms with Gasteiger partial charge in [-0.1, -0.05) is 0 Å². The van der Waals surface area contributed by atoms with E-state index in [4.69, 9.17) is 4.74 Å². The number of aryl methyl sites for hydroxylation is 1. The summed E-state index contributed by atoms with van der Waals surface area (Å²) in [6.07, 6.45) is 4.40. The smallest absolute Gasteiger partial charge is 0.212 e. The van der Waals surface area contributed by atoms with E-state index in [1.165, 1.54) is 0 Å². The summed E-state index contributed by atoms with van der Waals surface area (Å²) in [5.74, 6) is 0.533. The van der Waals surface area contributed by atoms with Crippen molar-refractivity contribution in [2.45, 2.75) is 19.6 Å². The Morgan fingerprint density at radius 3 is 2.71 bits per heavy atom. The average molecular weight is 233 g/mol. The number of rotatable bonds is 4. The second-order valence-corrected chi connectivity index (χ2v) is 3.67. The predicted octanol–water partition coefficient (Wildman–Crippen LogP) is 1.39. The lowest BCUT2D eigenvalue weighted by molar-refractivity contribution is 0.219. The molecule has 0 fully saturated rings. The first-order chi connectivity index (χ1) is 8.24. The molecule has 0 amide bonds. The molecule has 5 heteroatoms. The molecule has 0 aliphatic rings. The molecule has 0 aliphatic heterocycles. The van der Waals surface area contributed by atoms with Crippen LogP contribution in [0.25, 0.3) is 0 Å². The molecule has 2 heterocycles. The lowest BCUT2D eigenvalue weighted by atomic mass is 10.1. The number of pyridine rings is 1. The van der Waals surface area contributed by atoms with Gasteiger partial charge in [0.2, 0.25) is 5.88 Å². The normalized spacial score (nSPS) is 12.4. The van der Waals surface area contributed by atoms with Crippen molar-refractivity contribution in [2.24, 2.45) is 0 Å². The Labute approximate surface area is 99.7 Å². The van der Waals surface area contributed by atoms with Gasteiger partial charge >= 0.3 is 0 Å². The molecule has 2 rings (SSSR count). The molecule has 0 saturated carbocycles. The van der Waals surface area contributed by atoms with Crippen LogP contribution in [0.2, 0.25) is 0 Å². The molecule has 5 nitrogen and oxygen atoms in total. The quantitative estimate of drug-likeness (QED) is 0.866. The van der Waals surface area contributed by atoms with Crippen LogP contribution in [0.15, 0.2) is 30.7 Å². The predicted molar refractivity (Wildman–Crippen MR) is 62.8 cm³/mol. The second-order valence-electron chi connectivity index (χ2n) is 3.67. The Balaban J connectivity index is 2.20. The second kappa shape index (κ2) is 4.97. The standard InChI is InChI=1S/C12H15N3O2/c1-3-15-8-10(7-14-15)12(16)9-4-5-11(17-2)13-6-9/h4-8,12,16H,3H2,1-2H3. The van der Waals surface area contributed by atoms with Crippen LogP contribution in [0.5, 0.6) is 5.88 Å². The first-order valence-corrected chi connectivity index (χ1v) is 5.45. The van der Waals surface area contributed by atoms with Crippen molar-refractivity contribution in [3.8, 4) is 5.88 Å². The van der Waals surface area contributed by atoms with Gasteiger partial charge in [0.1, 0.15) is 6.10 Å². The van der Waals surface area contributed by atoms with Crippen molar-refractivity contribution in [3.63, 3.8) is 0 Å². The Morgan fingerprint density at radius 1 is 1.35 bits per heavy atom. The minimum absolute atomic E-state index is 0.533. The third-order valence-electron chi connectivity index (χ3n) is 2.58. The summed E-state index contributed by atoms with van der Waals surface area (Å²) in [5.41, 5.74) is 1.49. The number of hydrogen-bond acceptors (Lipinski definition) is 4. The molecule has 17 heavy (non-hydrogen) atoms. The number of aromatic nitrogens is 3. The Morgan fingerprint density at radius 2 is 2.18 bits per heavy atom. The van der Waals surface area contributed by atoms with Gasteiger partial charge in [-0.05, 0) is 13.0 Å². The highest BCUT2D eigenvalue weighted by Gasteiger charge is 2.12. The fourth-order valence-electron chi connectivity index (χ4n) is 1.56. The minimum Gasteiger partial charge on any atom is -0.481 e. The fraction of sp³-hybridized carbons (Fsp3) is 0.333. The highest BCUT2D eigenvalue weighted by atomic mass is 16.5. The van der Waals surface area contributed by atoms with Gasteiger partial charge in [0, 0.05) is 36.1 Å². The van der Waals surface area contributed by atoms with Gasteiger partial charge in [0.25, 0.3) is 0 Å². The zero-order chi connectivity index (χ0) is 12.3. The first kappa shape index (κ1) is 11.6. The SMILES string of the molecule is CCn1cc(C(O)c2ccc(OC)nc2)cn1. The fourth-order valence-corrected chi connectivity index (χ4v) is 1.56. The molecule has 0 spiro atoms. The van der Waals surface area contributed by atoms with E-state index in [1.807, 2.05) is 13.1 Å². The summed E-state index contributed by atoms with van der Waals surface area (Å²) in [6, 6.07) is 3.52. The summed E-state index contributed by atoms with van der Waals surface area (Å²) >= 11 is 0. The lowest BCUT2D eigenvalue weighted by Crippen LogP contribution is -2.00. The summed E-state index contributed by atoms with van der Waals surface area (Å²) in [4.78, 5) is 4.06. The number of aliphatic hydroxyl groups is 1. The van der Waals surface area contributed by atoms with Crippen molar-refractivity contribution < 1.29 is 9.84 Å². The van der Waals surface area contributed by atoms with Gasteiger partial charge in [-0.2, -0.15) is 5.10 Å². The molecule has 1 atom stereocenters. The van der Waals surface area contributed by atoms with Crippen LogP contribution in [0, 0.1) is 0 Å². The van der Waals surface area contributed by atoms with Crippen LogP contribution in [0.1, 0.15) is 24.2 Å². The van der Waals surface area contributed by atoms with Gasteiger partial charge in [0.15, 0.2) is 0 Å². The Bertz CT molecular complexity index is 479. The molecule has 0 radical (unpaired) electrons. The maximum atomic E-state index is 10.1. The van der Waals surface area contributed by atoms with Gasteiger partial charge in [-0.3, -0.25) is 4.68 Å². The highest BCUT2D eigenvalue weighted by molar-refractivity contribution is 5.27. The van der Waals surface area contributed by atoms with E-state index < -0.39 is 6.10 Å². The van der Waals surface area contributed by atoms with Gasteiger partial charge in [-0.15, -0.1) is 0 Å². The molecular formula is C12H15N3O2. The van der Waals surface area contributed by atoms with E-state index >= 15 is 0 Å². The number of aliphatic hydroxyl groups excluding tert-OH is 1. The zero-order valence-electron chi connectivity index (χ0n) is 9.87. The maximum Gasteiger partial charge on any atom is 0.212 e. The summed E-state index contributed by atoms with van der Waals surface area (Å²) < 4.78 is 6.74. The average Bonchev–Trinajstić information content (AvgIpc) is 2.87. The largest absolute Gasteiger partial charge is 0.481 e. The van der Waals surface area contributed by atoms with Gasteiger partial charge < -0.3 is 9.84 Å². The Kier molecular flexibility index (Phi) is 3.39. The van der Waals surface area contributed by atoms with Crippen molar-refractivity contribution in [1.29, 1.82) is 0 Å². The van der Waals surface area contributed by atoms with Crippen LogP contribution in [0.3, 0.4) is 0 Å². The molecule has 0 aromatic carbocycles. The third-order valence-corrected chi connectivity index (χ3v) is 2.58. The van der Waals surface area contributed by atoms with E-state index in [9.17, 15) is 5.11 Å². The number of hydrogen-bond donors (Lipinski definition) is 1. The molecule has 1 N–H and O–H groups in total. The van der Waals surface area contributed by atoms with Gasteiger partial charge in [-0.25, -0.2) is 4.98 Å². The molecule has 2 aromatic heterocycles. The molecule has 0 bridgehead atoms. The highest BCUT2D eigenvalue weighted by Crippen LogP contribution is 2.21. The van der Waals surface area contributed by atoms with Crippen LogP contribution in [-0.2, 0) is 6.54 Å². The summed E-state index contributed by atoms with van der Waals surface area (Å²) in [7, 11) is 1.56. The van der Waals surface area contributed by atoms with Crippen LogP contribution >= 0.6 is 0 Å². The maximum absolute atomic E-state index is 10.1. The summed E-state index contributed by atoms with van der Waals surface area (Å²) in [6.45, 7) is 2.78. The van der Waals surface area contributed by atoms with Crippen LogP contribution in [0.4, 0.5) is 0 Å². The third kappa shape index (κ3) is 2.45. The van der Waals surface area contributed by atoms with E-state index in [0.29, 0.717) is 5.88 Å². The topological polar surface area (TPSA) is 60.2 Å². The van der Waals surface area contributed by atoms with Crippen LogP contribution < -0.4 is 4.74 Å². The number of methoxy groups -OCH3 is 1. The molecule has 0 saturated heterocycles. The van der Waals surface area contributed by atoms with Crippen LogP contribution in [-0.4, -0.2) is 27.0 Å². The van der Waals surface area contributed by atoms with Crippen molar-refractivity contribution in [3.05, 3.63) is 41.9 Å². The van der Waals surface area contributed by atoms with Crippen molar-refractivity contribution in [2.75, 3.05) is 7.11 Å². The van der Waals surface area contributed by atoms with Crippen molar-refractivity contribution >= 4 is 0 Å². The zero-order valence-corrected chi connectivity index (χ0v) is 9.87. The minimum atomic E-state index is -0.700. The lowest BCUT2D eigenvalue weighted by Gasteiger charge is -2.08. The molecule has 2 aromatic rings. The molecular weight excluding hydrogens is 218 g/mol. The van der Waals surface area contributed by atoms with E-state index in [0.717, 1.165) is 17.7 Å². The molecule has 1 unspecified atom stereocenters. The monoisotopic (exact) mass is 233 g/mol. The van der Waals surface area contributed by atoms with Gasteiger partial charge in [0.05, 0.1) is 13.3 Å². The first-order valence-electron chi connectivity index (χ1n) is 5.45. The van der Waals surface area contributed by atoms with E-state index in [-0.39, 0.29) is 0 Å². The summed E-state index contributed by atoms with van der Waals surface area (Å²) in [5, 5.41) is 14.3. The van der Waals surface area contributed by atoms with E-state index in [1.54, 1.807) is 36.3 Å². The molecule has 0 aliphatic carbocycles. The Hall–Kier alpha value is -1.88. The number of nitrogens with zero attached hydrogens (tertiary/aromatic N) is 3. The van der Waals surface area contributed by atoms with E-state index in [2.05, 4.69) is 10.1 Å².